The summed E-state index contributed by atoms with van der Waals surface area (Å²) in [7, 11) is 0. The molecule has 2 aromatic carbocycles. The van der Waals surface area contributed by atoms with E-state index in [9.17, 15) is 4.79 Å². The van der Waals surface area contributed by atoms with E-state index in [2.05, 4.69) is 17.3 Å². The van der Waals surface area contributed by atoms with Gasteiger partial charge in [0.2, 0.25) is 0 Å². The van der Waals surface area contributed by atoms with Crippen LogP contribution in [0.15, 0.2) is 48.7 Å². The highest BCUT2D eigenvalue weighted by Crippen LogP contribution is 2.35. The molecule has 0 aliphatic carbocycles. The summed E-state index contributed by atoms with van der Waals surface area (Å²) in [4.78, 5) is 12.6. The molecule has 0 radical (unpaired) electrons. The molecule has 1 aromatic heterocycles. The van der Waals surface area contributed by atoms with E-state index in [0.29, 0.717) is 18.7 Å². The standard InChI is InChI=1S/C23H25N3O3/c1-4-28-21-12-18-11-16(3)29-22(18)13-19(21)14-24-23(27)17-5-7-20(8-6-17)26-15(2)9-10-25-26/h5-10,12-13,16H,4,11,14H2,1-3H3,(H,24,27)/t16-/m1/s1. The Bertz CT molecular complexity index is 1020. The largest absolute Gasteiger partial charge is 0.494 e. The average Bonchev–Trinajstić information content (AvgIpc) is 3.30. The Morgan fingerprint density at radius 1 is 1.28 bits per heavy atom. The number of rotatable bonds is 6. The maximum atomic E-state index is 12.6. The van der Waals surface area contributed by atoms with Crippen molar-refractivity contribution >= 4 is 5.91 Å². The molecule has 0 bridgehead atoms. The number of hydrogen-bond acceptors (Lipinski definition) is 4. The molecule has 0 saturated heterocycles. The Hall–Kier alpha value is -3.28. The van der Waals surface area contributed by atoms with Gasteiger partial charge >= 0.3 is 0 Å². The summed E-state index contributed by atoms with van der Waals surface area (Å²) in [5.41, 5.74) is 4.63. The van der Waals surface area contributed by atoms with Gasteiger partial charge in [0.25, 0.3) is 5.91 Å². The van der Waals surface area contributed by atoms with Crippen LogP contribution in [0, 0.1) is 6.92 Å². The number of fused-ring (bicyclic) bond motifs is 1. The van der Waals surface area contributed by atoms with Crippen LogP contribution in [0.1, 0.15) is 41.0 Å². The highest BCUT2D eigenvalue weighted by atomic mass is 16.5. The molecule has 1 atom stereocenters. The van der Waals surface area contributed by atoms with Crippen molar-refractivity contribution < 1.29 is 14.3 Å². The third-order valence-electron chi connectivity index (χ3n) is 5.02. The molecule has 2 heterocycles. The lowest BCUT2D eigenvalue weighted by Crippen LogP contribution is -2.23. The van der Waals surface area contributed by atoms with Crippen LogP contribution in [0.4, 0.5) is 0 Å². The Morgan fingerprint density at radius 2 is 2.07 bits per heavy atom. The van der Waals surface area contributed by atoms with Crippen LogP contribution < -0.4 is 14.8 Å². The third kappa shape index (κ3) is 3.97. The van der Waals surface area contributed by atoms with E-state index in [1.807, 2.05) is 61.0 Å². The van der Waals surface area contributed by atoms with Crippen molar-refractivity contribution in [3.63, 3.8) is 0 Å². The first-order chi connectivity index (χ1) is 14.0. The molecular weight excluding hydrogens is 366 g/mol. The Labute approximate surface area is 170 Å². The van der Waals surface area contributed by atoms with Gasteiger partial charge in [-0.1, -0.05) is 0 Å². The van der Waals surface area contributed by atoms with Crippen molar-refractivity contribution in [3.8, 4) is 17.2 Å². The fourth-order valence-corrected chi connectivity index (χ4v) is 3.58. The van der Waals surface area contributed by atoms with Gasteiger partial charge in [0.05, 0.1) is 12.3 Å². The van der Waals surface area contributed by atoms with Crippen LogP contribution in [0.3, 0.4) is 0 Å². The van der Waals surface area contributed by atoms with Crippen LogP contribution in [0.25, 0.3) is 5.69 Å². The molecule has 150 valence electrons. The number of hydrogen-bond donors (Lipinski definition) is 1. The quantitative estimate of drug-likeness (QED) is 0.694. The highest BCUT2D eigenvalue weighted by molar-refractivity contribution is 5.94. The molecular formula is C23H25N3O3. The third-order valence-corrected chi connectivity index (χ3v) is 5.02. The molecule has 1 N–H and O–H groups in total. The summed E-state index contributed by atoms with van der Waals surface area (Å²) in [6, 6.07) is 13.4. The van der Waals surface area contributed by atoms with Gasteiger partial charge < -0.3 is 14.8 Å². The molecule has 3 aromatic rings. The lowest BCUT2D eigenvalue weighted by Gasteiger charge is -2.13. The lowest BCUT2D eigenvalue weighted by molar-refractivity contribution is 0.0950. The molecule has 6 heteroatoms. The number of aryl methyl sites for hydroxylation is 1. The topological polar surface area (TPSA) is 65.4 Å². The van der Waals surface area contributed by atoms with Crippen molar-refractivity contribution in [2.45, 2.75) is 39.8 Å². The van der Waals surface area contributed by atoms with Gasteiger partial charge in [-0.15, -0.1) is 0 Å². The first-order valence-electron chi connectivity index (χ1n) is 9.89. The number of carbonyl (C=O) groups is 1. The zero-order chi connectivity index (χ0) is 20.4. The molecule has 1 aliphatic heterocycles. The minimum absolute atomic E-state index is 0.133. The zero-order valence-electron chi connectivity index (χ0n) is 16.9. The smallest absolute Gasteiger partial charge is 0.251 e. The number of aromatic nitrogens is 2. The number of nitrogens with one attached hydrogen (secondary N) is 1. The Morgan fingerprint density at radius 3 is 2.76 bits per heavy atom. The minimum atomic E-state index is -0.133. The molecule has 0 saturated carbocycles. The number of ether oxygens (including phenoxy) is 2. The van der Waals surface area contributed by atoms with Crippen molar-refractivity contribution in [2.75, 3.05) is 6.61 Å². The first-order valence-corrected chi connectivity index (χ1v) is 9.89. The van der Waals surface area contributed by atoms with E-state index >= 15 is 0 Å². The van der Waals surface area contributed by atoms with Crippen molar-refractivity contribution in [3.05, 3.63) is 71.0 Å². The summed E-state index contributed by atoms with van der Waals surface area (Å²) in [5, 5.41) is 7.27. The highest BCUT2D eigenvalue weighted by Gasteiger charge is 2.22. The monoisotopic (exact) mass is 391 g/mol. The van der Waals surface area contributed by atoms with Crippen LogP contribution >= 0.6 is 0 Å². The normalized spacial score (nSPS) is 14.9. The number of amides is 1. The molecule has 1 amide bonds. The van der Waals surface area contributed by atoms with E-state index in [1.54, 1.807) is 6.20 Å². The first kappa shape index (κ1) is 19.1. The van der Waals surface area contributed by atoms with Gasteiger partial charge in [0, 0.05) is 41.5 Å². The zero-order valence-corrected chi connectivity index (χ0v) is 16.9. The van der Waals surface area contributed by atoms with Crippen LogP contribution in [0.2, 0.25) is 0 Å². The van der Waals surface area contributed by atoms with Crippen LogP contribution in [-0.2, 0) is 13.0 Å². The Balaban J connectivity index is 1.47. The van der Waals surface area contributed by atoms with Crippen molar-refractivity contribution in [1.29, 1.82) is 0 Å². The molecule has 1 aliphatic rings. The summed E-state index contributed by atoms with van der Waals surface area (Å²) >= 11 is 0. The predicted molar refractivity (Wildman–Crippen MR) is 111 cm³/mol. The van der Waals surface area contributed by atoms with Crippen molar-refractivity contribution in [1.82, 2.24) is 15.1 Å². The molecule has 0 spiro atoms. The number of benzene rings is 2. The second-order valence-corrected chi connectivity index (χ2v) is 7.25. The van der Waals surface area contributed by atoms with Gasteiger partial charge in [-0.3, -0.25) is 4.79 Å². The summed E-state index contributed by atoms with van der Waals surface area (Å²) in [6.07, 6.45) is 2.80. The maximum Gasteiger partial charge on any atom is 0.251 e. The fourth-order valence-electron chi connectivity index (χ4n) is 3.58. The van der Waals surface area contributed by atoms with Gasteiger partial charge in [0.1, 0.15) is 17.6 Å². The van der Waals surface area contributed by atoms with Gasteiger partial charge in [-0.05, 0) is 63.2 Å². The molecule has 0 unspecified atom stereocenters. The van der Waals surface area contributed by atoms with E-state index < -0.39 is 0 Å². The van der Waals surface area contributed by atoms with E-state index in [4.69, 9.17) is 9.47 Å². The predicted octanol–water partition coefficient (Wildman–Crippen LogP) is 3.83. The van der Waals surface area contributed by atoms with Gasteiger partial charge in [0.15, 0.2) is 0 Å². The second-order valence-electron chi connectivity index (χ2n) is 7.25. The molecule has 6 nitrogen and oxygen atoms in total. The SMILES string of the molecule is CCOc1cc2c(cc1CNC(=O)c1ccc(-n3nccc3C)cc1)O[C@H](C)C2. The molecule has 0 fully saturated rings. The van der Waals surface area contributed by atoms with E-state index in [0.717, 1.165) is 40.4 Å². The molecule has 4 rings (SSSR count). The maximum absolute atomic E-state index is 12.6. The van der Waals surface area contributed by atoms with Crippen LogP contribution in [-0.4, -0.2) is 28.4 Å². The number of carbonyl (C=O) groups excluding carboxylic acids is 1. The summed E-state index contributed by atoms with van der Waals surface area (Å²) in [5.74, 6) is 1.55. The van der Waals surface area contributed by atoms with Gasteiger partial charge in [-0.2, -0.15) is 5.10 Å². The lowest BCUT2D eigenvalue weighted by atomic mass is 10.1. The fraction of sp³-hybridized carbons (Fsp3) is 0.304. The second kappa shape index (κ2) is 7.99. The average molecular weight is 391 g/mol. The van der Waals surface area contributed by atoms with Gasteiger partial charge in [-0.25, -0.2) is 4.68 Å². The summed E-state index contributed by atoms with van der Waals surface area (Å²) < 4.78 is 13.5. The van der Waals surface area contributed by atoms with Crippen molar-refractivity contribution in [2.24, 2.45) is 0 Å². The number of nitrogens with zero attached hydrogens (tertiary/aromatic N) is 2. The van der Waals surface area contributed by atoms with Crippen LogP contribution in [0.5, 0.6) is 11.5 Å². The summed E-state index contributed by atoms with van der Waals surface area (Å²) in [6.45, 7) is 6.95. The van der Waals surface area contributed by atoms with E-state index in [-0.39, 0.29) is 12.0 Å². The van der Waals surface area contributed by atoms with E-state index in [1.165, 1.54) is 0 Å². The minimum Gasteiger partial charge on any atom is -0.494 e. The Kier molecular flexibility index (Phi) is 5.25. The molecule has 29 heavy (non-hydrogen) atoms.